The molecule has 0 atom stereocenters. The Morgan fingerprint density at radius 3 is 2.82 bits per heavy atom. The molecule has 17 heavy (non-hydrogen) atoms. The molecule has 2 rings (SSSR count). The van der Waals surface area contributed by atoms with Gasteiger partial charge in [-0.25, -0.2) is 4.98 Å². The normalized spacial score (nSPS) is 10.8. The molecule has 4 heteroatoms. The van der Waals surface area contributed by atoms with Crippen molar-refractivity contribution in [2.24, 2.45) is 7.05 Å². The molecule has 0 saturated carbocycles. The van der Waals surface area contributed by atoms with E-state index in [1.165, 1.54) is 0 Å². The lowest BCUT2D eigenvalue weighted by atomic mass is 10.0. The van der Waals surface area contributed by atoms with Crippen LogP contribution in [0.5, 0.6) is 0 Å². The molecular formula is C13H18N4. The highest BCUT2D eigenvalue weighted by molar-refractivity contribution is 5.66. The molecule has 0 aliphatic carbocycles. The van der Waals surface area contributed by atoms with Gasteiger partial charge >= 0.3 is 0 Å². The highest BCUT2D eigenvalue weighted by Gasteiger charge is 2.10. The zero-order valence-electron chi connectivity index (χ0n) is 10.6. The standard InChI is InChI=1S/C13H18N4/c1-4-5-12-11(8-17(3)16-12)10-6-9(2)13(14)15-7-10/h6-8H,4-5H2,1-3H3,(H2,14,15). The molecule has 0 aromatic carbocycles. The van der Waals surface area contributed by atoms with Crippen molar-refractivity contribution < 1.29 is 0 Å². The lowest BCUT2D eigenvalue weighted by Crippen LogP contribution is -1.95. The van der Waals surface area contributed by atoms with Gasteiger partial charge in [-0.2, -0.15) is 5.10 Å². The van der Waals surface area contributed by atoms with Gasteiger partial charge in [-0.3, -0.25) is 4.68 Å². The number of nitrogen functional groups attached to an aromatic ring is 1. The molecule has 2 aromatic rings. The molecule has 90 valence electrons. The van der Waals surface area contributed by atoms with Crippen molar-refractivity contribution in [3.05, 3.63) is 29.7 Å². The topological polar surface area (TPSA) is 56.7 Å². The predicted molar refractivity (Wildman–Crippen MR) is 69.6 cm³/mol. The molecule has 0 unspecified atom stereocenters. The minimum absolute atomic E-state index is 0.592. The van der Waals surface area contributed by atoms with Crippen molar-refractivity contribution in [1.82, 2.24) is 14.8 Å². The maximum absolute atomic E-state index is 5.74. The van der Waals surface area contributed by atoms with Crippen molar-refractivity contribution in [1.29, 1.82) is 0 Å². The largest absolute Gasteiger partial charge is 0.383 e. The number of nitrogens with zero attached hydrogens (tertiary/aromatic N) is 3. The van der Waals surface area contributed by atoms with Gasteiger partial charge in [-0.1, -0.05) is 13.3 Å². The van der Waals surface area contributed by atoms with E-state index in [4.69, 9.17) is 5.73 Å². The Balaban J connectivity index is 2.47. The first kappa shape index (κ1) is 11.6. The summed E-state index contributed by atoms with van der Waals surface area (Å²) in [5, 5.41) is 4.49. The first-order valence-corrected chi connectivity index (χ1v) is 5.86. The van der Waals surface area contributed by atoms with Gasteiger partial charge in [0.2, 0.25) is 0 Å². The van der Waals surface area contributed by atoms with Crippen LogP contribution in [0.2, 0.25) is 0 Å². The van der Waals surface area contributed by atoms with Crippen molar-refractivity contribution in [3.63, 3.8) is 0 Å². The van der Waals surface area contributed by atoms with Crippen LogP contribution in [0.1, 0.15) is 24.6 Å². The van der Waals surface area contributed by atoms with Gasteiger partial charge in [0.1, 0.15) is 5.82 Å². The third-order valence-corrected chi connectivity index (χ3v) is 2.82. The van der Waals surface area contributed by atoms with Crippen LogP contribution in [-0.4, -0.2) is 14.8 Å². The van der Waals surface area contributed by atoms with Crippen LogP contribution in [0.3, 0.4) is 0 Å². The lowest BCUT2D eigenvalue weighted by Gasteiger charge is -2.04. The molecule has 2 heterocycles. The summed E-state index contributed by atoms with van der Waals surface area (Å²) in [4.78, 5) is 4.21. The number of anilines is 1. The van der Waals surface area contributed by atoms with Gasteiger partial charge < -0.3 is 5.73 Å². The molecule has 0 amide bonds. The highest BCUT2D eigenvalue weighted by atomic mass is 15.2. The maximum Gasteiger partial charge on any atom is 0.126 e. The van der Waals surface area contributed by atoms with Crippen LogP contribution in [-0.2, 0) is 13.5 Å². The van der Waals surface area contributed by atoms with E-state index >= 15 is 0 Å². The van der Waals surface area contributed by atoms with E-state index < -0.39 is 0 Å². The fraction of sp³-hybridized carbons (Fsp3) is 0.385. The molecule has 0 spiro atoms. The second kappa shape index (κ2) is 4.57. The van der Waals surface area contributed by atoms with Crippen molar-refractivity contribution in [3.8, 4) is 11.1 Å². The molecule has 4 nitrogen and oxygen atoms in total. The SMILES string of the molecule is CCCc1nn(C)cc1-c1cnc(N)c(C)c1. The molecule has 0 saturated heterocycles. The first-order chi connectivity index (χ1) is 8.11. The monoisotopic (exact) mass is 230 g/mol. The van der Waals surface area contributed by atoms with Crippen LogP contribution in [0.25, 0.3) is 11.1 Å². The molecule has 2 aromatic heterocycles. The van der Waals surface area contributed by atoms with E-state index in [0.717, 1.165) is 35.2 Å². The Morgan fingerprint density at radius 2 is 2.18 bits per heavy atom. The van der Waals surface area contributed by atoms with E-state index in [-0.39, 0.29) is 0 Å². The number of nitrogens with two attached hydrogens (primary N) is 1. The fourth-order valence-corrected chi connectivity index (χ4v) is 1.93. The summed E-state index contributed by atoms with van der Waals surface area (Å²) >= 11 is 0. The molecular weight excluding hydrogens is 212 g/mol. The summed E-state index contributed by atoms with van der Waals surface area (Å²) in [7, 11) is 1.94. The van der Waals surface area contributed by atoms with Gasteiger partial charge in [0, 0.05) is 30.6 Å². The average Bonchev–Trinajstić information content (AvgIpc) is 2.64. The number of aryl methyl sites for hydroxylation is 3. The number of hydrogen-bond donors (Lipinski definition) is 1. The number of aromatic nitrogens is 3. The maximum atomic E-state index is 5.74. The van der Waals surface area contributed by atoms with Crippen LogP contribution in [0.15, 0.2) is 18.5 Å². The number of rotatable bonds is 3. The third kappa shape index (κ3) is 2.30. The second-order valence-electron chi connectivity index (χ2n) is 4.34. The van der Waals surface area contributed by atoms with Crippen molar-refractivity contribution in [2.45, 2.75) is 26.7 Å². The molecule has 0 bridgehead atoms. The summed E-state index contributed by atoms with van der Waals surface area (Å²) in [6, 6.07) is 2.07. The van der Waals surface area contributed by atoms with Gasteiger partial charge in [0.25, 0.3) is 0 Å². The summed E-state index contributed by atoms with van der Waals surface area (Å²) < 4.78 is 1.85. The minimum Gasteiger partial charge on any atom is -0.383 e. The summed E-state index contributed by atoms with van der Waals surface area (Å²) in [6.07, 6.45) is 5.93. The van der Waals surface area contributed by atoms with Crippen LogP contribution in [0, 0.1) is 6.92 Å². The zero-order chi connectivity index (χ0) is 12.4. The highest BCUT2D eigenvalue weighted by Crippen LogP contribution is 2.25. The average molecular weight is 230 g/mol. The van der Waals surface area contributed by atoms with Gasteiger partial charge in [-0.05, 0) is 25.0 Å². The number of hydrogen-bond acceptors (Lipinski definition) is 3. The molecule has 0 fully saturated rings. The van der Waals surface area contributed by atoms with E-state index in [9.17, 15) is 0 Å². The first-order valence-electron chi connectivity index (χ1n) is 5.86. The Morgan fingerprint density at radius 1 is 1.41 bits per heavy atom. The summed E-state index contributed by atoms with van der Waals surface area (Å²) in [5.74, 6) is 0.592. The second-order valence-corrected chi connectivity index (χ2v) is 4.34. The molecule has 0 aliphatic rings. The quantitative estimate of drug-likeness (QED) is 0.880. The molecule has 2 N–H and O–H groups in total. The zero-order valence-corrected chi connectivity index (χ0v) is 10.6. The third-order valence-electron chi connectivity index (χ3n) is 2.82. The van der Waals surface area contributed by atoms with Crippen LogP contribution in [0.4, 0.5) is 5.82 Å². The van der Waals surface area contributed by atoms with Gasteiger partial charge in [0.15, 0.2) is 0 Å². The molecule has 0 aliphatic heterocycles. The number of pyridine rings is 1. The Hall–Kier alpha value is -1.84. The summed E-state index contributed by atoms with van der Waals surface area (Å²) in [5.41, 5.74) is 10.1. The van der Waals surface area contributed by atoms with Crippen LogP contribution >= 0.6 is 0 Å². The van der Waals surface area contributed by atoms with E-state index in [1.54, 1.807) is 0 Å². The predicted octanol–water partition coefficient (Wildman–Crippen LogP) is 2.33. The molecule has 0 radical (unpaired) electrons. The summed E-state index contributed by atoms with van der Waals surface area (Å²) in [6.45, 7) is 4.13. The minimum atomic E-state index is 0.592. The van der Waals surface area contributed by atoms with E-state index in [2.05, 4.69) is 23.1 Å². The fourth-order valence-electron chi connectivity index (χ4n) is 1.93. The lowest BCUT2D eigenvalue weighted by molar-refractivity contribution is 0.733. The van der Waals surface area contributed by atoms with E-state index in [1.807, 2.05) is 31.0 Å². The Labute approximate surface area is 101 Å². The smallest absolute Gasteiger partial charge is 0.126 e. The van der Waals surface area contributed by atoms with E-state index in [0.29, 0.717) is 5.82 Å². The Kier molecular flexibility index (Phi) is 3.13. The van der Waals surface area contributed by atoms with Gasteiger partial charge in [0.05, 0.1) is 5.69 Å². The van der Waals surface area contributed by atoms with Crippen LogP contribution < -0.4 is 5.73 Å². The van der Waals surface area contributed by atoms with Gasteiger partial charge in [-0.15, -0.1) is 0 Å². The van der Waals surface area contributed by atoms with Crippen molar-refractivity contribution in [2.75, 3.05) is 5.73 Å². The Bertz CT molecular complexity index is 528. The van der Waals surface area contributed by atoms with Crippen molar-refractivity contribution >= 4 is 5.82 Å².